The third kappa shape index (κ3) is 3.36. The number of carbonyl (C=O) groups excluding carboxylic acids is 1. The van der Waals surface area contributed by atoms with Gasteiger partial charge in [-0.25, -0.2) is 4.79 Å². The number of fused-ring (bicyclic) bond motifs is 1. The second-order valence-corrected chi connectivity index (χ2v) is 6.38. The first-order chi connectivity index (χ1) is 11.7. The summed E-state index contributed by atoms with van der Waals surface area (Å²) < 4.78 is 6.70. The summed E-state index contributed by atoms with van der Waals surface area (Å²) in [4.78, 5) is 25.5. The Morgan fingerprint density at radius 1 is 1.08 bits per heavy atom. The van der Waals surface area contributed by atoms with Crippen molar-refractivity contribution in [2.75, 3.05) is 12.9 Å². The zero-order chi connectivity index (χ0) is 16.9. The molecule has 3 aromatic rings. The van der Waals surface area contributed by atoms with Crippen molar-refractivity contribution in [3.8, 4) is 0 Å². The van der Waals surface area contributed by atoms with E-state index in [1.807, 2.05) is 41.0 Å². The Balaban J connectivity index is 1.96. The lowest BCUT2D eigenvalue weighted by Gasteiger charge is -2.15. The molecule has 0 aliphatic heterocycles. The molecule has 0 amide bonds. The summed E-state index contributed by atoms with van der Waals surface area (Å²) in [5, 5.41) is 0.606. The van der Waals surface area contributed by atoms with Crippen molar-refractivity contribution in [3.05, 3.63) is 76.6 Å². The minimum atomic E-state index is -0.498. The van der Waals surface area contributed by atoms with Gasteiger partial charge in [0.2, 0.25) is 0 Å². The van der Waals surface area contributed by atoms with Crippen molar-refractivity contribution >= 4 is 28.6 Å². The second-order valence-electron chi connectivity index (χ2n) is 5.22. The summed E-state index contributed by atoms with van der Waals surface area (Å²) in [7, 11) is 1.32. The molecule has 0 bridgehead atoms. The lowest BCUT2D eigenvalue weighted by molar-refractivity contribution is 0.0588. The van der Waals surface area contributed by atoms with Gasteiger partial charge in [-0.15, -0.1) is 11.8 Å². The maximum absolute atomic E-state index is 12.2. The van der Waals surface area contributed by atoms with E-state index in [0.29, 0.717) is 11.9 Å². The first-order valence-corrected chi connectivity index (χ1v) is 8.58. The van der Waals surface area contributed by atoms with Gasteiger partial charge in [0.1, 0.15) is 5.69 Å². The number of carbonyl (C=O) groups is 1. The fourth-order valence-corrected chi connectivity index (χ4v) is 3.47. The van der Waals surface area contributed by atoms with Gasteiger partial charge in [-0.1, -0.05) is 30.3 Å². The molecular formula is C19H17NO3S. The maximum atomic E-state index is 12.2. The summed E-state index contributed by atoms with van der Waals surface area (Å²) in [6.45, 7) is 0.602. The number of hydrogen-bond acceptors (Lipinski definition) is 4. The molecule has 0 atom stereocenters. The van der Waals surface area contributed by atoms with Gasteiger partial charge in [-0.05, 0) is 24.3 Å². The van der Waals surface area contributed by atoms with Crippen LogP contribution in [0.15, 0.2) is 70.4 Å². The summed E-state index contributed by atoms with van der Waals surface area (Å²) in [5.41, 5.74) is 0.867. The number of pyridine rings is 1. The van der Waals surface area contributed by atoms with Gasteiger partial charge in [0, 0.05) is 28.6 Å². The number of nitrogens with zero attached hydrogens (tertiary/aromatic N) is 1. The van der Waals surface area contributed by atoms with E-state index in [-0.39, 0.29) is 11.1 Å². The van der Waals surface area contributed by atoms with E-state index in [1.165, 1.54) is 18.1 Å². The molecule has 0 unspecified atom stereocenters. The summed E-state index contributed by atoms with van der Waals surface area (Å²) >= 11 is 1.70. The van der Waals surface area contributed by atoms with Gasteiger partial charge < -0.3 is 9.30 Å². The summed E-state index contributed by atoms with van der Waals surface area (Å²) in [5.74, 6) is 0.281. The Kier molecular flexibility index (Phi) is 5.01. The van der Waals surface area contributed by atoms with E-state index in [2.05, 4.69) is 12.1 Å². The molecule has 4 nitrogen and oxygen atoms in total. The van der Waals surface area contributed by atoms with Crippen LogP contribution in [0.25, 0.3) is 10.9 Å². The minimum absolute atomic E-state index is 0.169. The van der Waals surface area contributed by atoms with Crippen molar-refractivity contribution in [1.82, 2.24) is 4.57 Å². The van der Waals surface area contributed by atoms with Crippen molar-refractivity contribution in [2.45, 2.75) is 11.4 Å². The van der Waals surface area contributed by atoms with E-state index in [0.717, 1.165) is 11.3 Å². The number of aromatic nitrogens is 1. The average Bonchev–Trinajstić information content (AvgIpc) is 2.63. The highest BCUT2D eigenvalue weighted by Gasteiger charge is 2.15. The van der Waals surface area contributed by atoms with Crippen molar-refractivity contribution in [1.29, 1.82) is 0 Å². The van der Waals surface area contributed by atoms with Crippen LogP contribution in [0.1, 0.15) is 10.5 Å². The Morgan fingerprint density at radius 2 is 1.79 bits per heavy atom. The monoisotopic (exact) mass is 339 g/mol. The highest BCUT2D eigenvalue weighted by atomic mass is 32.2. The molecule has 2 aromatic carbocycles. The molecule has 122 valence electrons. The molecule has 1 aromatic heterocycles. The zero-order valence-electron chi connectivity index (χ0n) is 13.3. The number of ether oxygens (including phenoxy) is 1. The van der Waals surface area contributed by atoms with Crippen LogP contribution >= 0.6 is 11.8 Å². The molecule has 0 spiro atoms. The molecule has 3 rings (SSSR count). The zero-order valence-corrected chi connectivity index (χ0v) is 14.1. The number of methoxy groups -OCH3 is 1. The molecule has 0 saturated carbocycles. The molecule has 0 saturated heterocycles. The fourth-order valence-electron chi connectivity index (χ4n) is 2.61. The average molecular weight is 339 g/mol. The standard InChI is InChI=1S/C19H17NO3S/c1-23-19(22)17-13-18(21)15-9-5-6-10-16(15)20(17)11-12-24-14-7-3-2-4-8-14/h2-10,13H,11-12H2,1H3. The highest BCUT2D eigenvalue weighted by molar-refractivity contribution is 7.99. The number of thioether (sulfide) groups is 1. The van der Waals surface area contributed by atoms with Gasteiger partial charge in [0.25, 0.3) is 0 Å². The fraction of sp³-hybridized carbons (Fsp3) is 0.158. The van der Waals surface area contributed by atoms with Crippen LogP contribution in [0.3, 0.4) is 0 Å². The Morgan fingerprint density at radius 3 is 2.54 bits per heavy atom. The molecule has 24 heavy (non-hydrogen) atoms. The maximum Gasteiger partial charge on any atom is 0.354 e. The smallest absolute Gasteiger partial charge is 0.354 e. The molecule has 1 heterocycles. The summed E-state index contributed by atoms with van der Waals surface area (Å²) in [6.07, 6.45) is 0. The summed E-state index contributed by atoms with van der Waals surface area (Å²) in [6, 6.07) is 18.8. The van der Waals surface area contributed by atoms with E-state index >= 15 is 0 Å². The first kappa shape index (κ1) is 16.3. The van der Waals surface area contributed by atoms with E-state index in [9.17, 15) is 9.59 Å². The Bertz CT molecular complexity index is 919. The van der Waals surface area contributed by atoms with Crippen LogP contribution in [0, 0.1) is 0 Å². The third-order valence-electron chi connectivity index (χ3n) is 3.74. The van der Waals surface area contributed by atoms with E-state index in [1.54, 1.807) is 17.8 Å². The molecule has 0 fully saturated rings. The minimum Gasteiger partial charge on any atom is -0.464 e. The number of hydrogen-bond donors (Lipinski definition) is 0. The normalized spacial score (nSPS) is 10.7. The lowest BCUT2D eigenvalue weighted by atomic mass is 10.1. The van der Waals surface area contributed by atoms with Crippen LogP contribution in [0.5, 0.6) is 0 Å². The number of rotatable bonds is 5. The lowest BCUT2D eigenvalue weighted by Crippen LogP contribution is -2.20. The van der Waals surface area contributed by atoms with Gasteiger partial charge in [0.05, 0.1) is 12.6 Å². The van der Waals surface area contributed by atoms with E-state index < -0.39 is 5.97 Å². The van der Waals surface area contributed by atoms with Gasteiger partial charge in [-0.2, -0.15) is 0 Å². The predicted octanol–water partition coefficient (Wildman–Crippen LogP) is 3.58. The van der Waals surface area contributed by atoms with E-state index in [4.69, 9.17) is 4.74 Å². The van der Waals surface area contributed by atoms with Crippen molar-refractivity contribution in [2.24, 2.45) is 0 Å². The Hall–Kier alpha value is -2.53. The van der Waals surface area contributed by atoms with Crippen LogP contribution in [0.4, 0.5) is 0 Å². The second kappa shape index (κ2) is 7.36. The number of para-hydroxylation sites is 1. The van der Waals surface area contributed by atoms with Crippen LogP contribution in [-0.2, 0) is 11.3 Å². The quantitative estimate of drug-likeness (QED) is 0.527. The van der Waals surface area contributed by atoms with Gasteiger partial charge in [-0.3, -0.25) is 4.79 Å². The van der Waals surface area contributed by atoms with Crippen molar-refractivity contribution in [3.63, 3.8) is 0 Å². The SMILES string of the molecule is COC(=O)c1cc(=O)c2ccccc2n1CCSc1ccccc1. The number of esters is 1. The molecular weight excluding hydrogens is 322 g/mol. The Labute approximate surface area is 144 Å². The third-order valence-corrected chi connectivity index (χ3v) is 4.73. The first-order valence-electron chi connectivity index (χ1n) is 7.59. The molecule has 0 N–H and O–H groups in total. The largest absolute Gasteiger partial charge is 0.464 e. The number of benzene rings is 2. The van der Waals surface area contributed by atoms with Crippen molar-refractivity contribution < 1.29 is 9.53 Å². The number of aryl methyl sites for hydroxylation is 1. The highest BCUT2D eigenvalue weighted by Crippen LogP contribution is 2.20. The topological polar surface area (TPSA) is 48.3 Å². The van der Waals surface area contributed by atoms with Gasteiger partial charge in [0.15, 0.2) is 5.43 Å². The molecule has 0 aliphatic carbocycles. The molecule has 0 aliphatic rings. The van der Waals surface area contributed by atoms with Crippen LogP contribution in [-0.4, -0.2) is 23.4 Å². The predicted molar refractivity (Wildman–Crippen MR) is 96.7 cm³/mol. The molecule has 5 heteroatoms. The van der Waals surface area contributed by atoms with Gasteiger partial charge >= 0.3 is 5.97 Å². The molecule has 0 radical (unpaired) electrons. The van der Waals surface area contributed by atoms with Crippen LogP contribution in [0.2, 0.25) is 0 Å². The van der Waals surface area contributed by atoms with Crippen LogP contribution < -0.4 is 5.43 Å².